The lowest BCUT2D eigenvalue weighted by atomic mass is 9.82. The first-order valence-corrected chi connectivity index (χ1v) is 16.1. The Morgan fingerprint density at radius 1 is 0.915 bits per heavy atom. The molecule has 4 aromatic rings. The van der Waals surface area contributed by atoms with Gasteiger partial charge >= 0.3 is 6.36 Å². The predicted molar refractivity (Wildman–Crippen MR) is 177 cm³/mol. The molecule has 0 radical (unpaired) electrons. The highest BCUT2D eigenvalue weighted by molar-refractivity contribution is 9.10. The van der Waals surface area contributed by atoms with E-state index >= 15 is 0 Å². The Morgan fingerprint density at radius 2 is 1.57 bits per heavy atom. The van der Waals surface area contributed by atoms with Crippen molar-refractivity contribution in [1.29, 1.82) is 0 Å². The van der Waals surface area contributed by atoms with Crippen LogP contribution in [0.3, 0.4) is 0 Å². The number of rotatable bonds is 13. The number of hydrogen-bond acceptors (Lipinski definition) is 7. The number of benzene rings is 4. The molecular weight excluding hydrogens is 747 g/mol. The third kappa shape index (κ3) is 8.72. The first-order valence-electron chi connectivity index (χ1n) is 14.5. The van der Waals surface area contributed by atoms with Gasteiger partial charge in [0.25, 0.3) is 5.91 Å². The van der Waals surface area contributed by atoms with E-state index < -0.39 is 23.9 Å². The summed E-state index contributed by atoms with van der Waals surface area (Å²) in [5, 5.41) is 9.05. The standard InChI is InChI=1S/C34H30Br2F3N3O5/c35-28-8-3-1-6-24(28)20-33(32(44)42-40-21-22-10-14-26(15-11-22)47-34(37,38)39)30(27-7-2-4-9-29(27)36)46-31(41-33)23-12-16-25(17-13-23)45-19-5-18-43/h1-4,6-17,30,40,43H,5,18-21H2,(H,42,44)/t30-,33-/m0/s1. The summed E-state index contributed by atoms with van der Waals surface area (Å²) in [6.45, 7) is 0.502. The summed E-state index contributed by atoms with van der Waals surface area (Å²) in [5.41, 5.74) is 6.94. The summed E-state index contributed by atoms with van der Waals surface area (Å²) in [7, 11) is 0. The van der Waals surface area contributed by atoms with Crippen LogP contribution in [0.2, 0.25) is 0 Å². The van der Waals surface area contributed by atoms with Gasteiger partial charge in [0.2, 0.25) is 5.90 Å². The topological polar surface area (TPSA) is 101 Å². The summed E-state index contributed by atoms with van der Waals surface area (Å²) in [5.74, 6) is 0.0476. The minimum Gasteiger partial charge on any atom is -0.494 e. The largest absolute Gasteiger partial charge is 0.573 e. The van der Waals surface area contributed by atoms with Crippen molar-refractivity contribution in [2.45, 2.75) is 37.4 Å². The minimum atomic E-state index is -4.79. The van der Waals surface area contributed by atoms with Crippen molar-refractivity contribution in [2.75, 3.05) is 13.2 Å². The van der Waals surface area contributed by atoms with Gasteiger partial charge in [0, 0.05) is 46.1 Å². The van der Waals surface area contributed by atoms with E-state index in [1.54, 1.807) is 24.3 Å². The molecule has 47 heavy (non-hydrogen) atoms. The van der Waals surface area contributed by atoms with Gasteiger partial charge in [-0.25, -0.2) is 10.4 Å². The molecule has 0 bridgehead atoms. The lowest BCUT2D eigenvalue weighted by molar-refractivity contribution is -0.274. The van der Waals surface area contributed by atoms with Gasteiger partial charge in [0.15, 0.2) is 11.6 Å². The molecule has 0 saturated carbocycles. The molecule has 8 nitrogen and oxygen atoms in total. The fourth-order valence-electron chi connectivity index (χ4n) is 5.02. The van der Waals surface area contributed by atoms with Crippen LogP contribution in [-0.2, 0) is 22.5 Å². The second-order valence-electron chi connectivity index (χ2n) is 10.6. The van der Waals surface area contributed by atoms with Crippen molar-refractivity contribution in [3.63, 3.8) is 0 Å². The molecule has 1 aliphatic rings. The Balaban J connectivity index is 1.47. The predicted octanol–water partition coefficient (Wildman–Crippen LogP) is 7.19. The van der Waals surface area contributed by atoms with Crippen LogP contribution in [0.1, 0.15) is 34.8 Å². The summed E-state index contributed by atoms with van der Waals surface area (Å²) in [6.07, 6.45) is -4.99. The van der Waals surface area contributed by atoms with Gasteiger partial charge in [-0.05, 0) is 59.7 Å². The maximum absolute atomic E-state index is 14.4. The number of alkyl halides is 3. The lowest BCUT2D eigenvalue weighted by Crippen LogP contribution is -2.53. The lowest BCUT2D eigenvalue weighted by Gasteiger charge is -2.31. The summed E-state index contributed by atoms with van der Waals surface area (Å²) >= 11 is 7.24. The maximum Gasteiger partial charge on any atom is 0.573 e. The van der Waals surface area contributed by atoms with Gasteiger partial charge in [0.05, 0.1) is 6.61 Å². The van der Waals surface area contributed by atoms with Gasteiger partial charge in [-0.3, -0.25) is 10.2 Å². The van der Waals surface area contributed by atoms with Crippen molar-refractivity contribution in [2.24, 2.45) is 4.99 Å². The molecule has 2 atom stereocenters. The Morgan fingerprint density at radius 3 is 2.23 bits per heavy atom. The molecule has 1 heterocycles. The SMILES string of the molecule is O=C(NNCc1ccc(OC(F)(F)F)cc1)[C@@]1(Cc2ccccc2Br)N=C(c2ccc(OCCCO)cc2)O[C@H]1c1ccccc1Br. The Bertz CT molecular complexity index is 1700. The number of ether oxygens (including phenoxy) is 3. The molecule has 1 amide bonds. The van der Waals surface area contributed by atoms with Gasteiger partial charge in [-0.1, -0.05) is 80.4 Å². The van der Waals surface area contributed by atoms with Crippen LogP contribution in [0.25, 0.3) is 0 Å². The number of carbonyl (C=O) groups is 1. The highest BCUT2D eigenvalue weighted by Crippen LogP contribution is 2.45. The van der Waals surface area contributed by atoms with E-state index in [1.807, 2.05) is 48.5 Å². The minimum absolute atomic E-state index is 0.0267. The average Bonchev–Trinajstić information content (AvgIpc) is 3.43. The number of aliphatic imine (C=N–C) groups is 1. The first-order chi connectivity index (χ1) is 22.6. The molecular formula is C34H30Br2F3N3O5. The Labute approximate surface area is 286 Å². The van der Waals surface area contributed by atoms with Crippen LogP contribution < -0.4 is 20.3 Å². The molecule has 0 spiro atoms. The number of aliphatic hydroxyl groups is 1. The van der Waals surface area contributed by atoms with Crippen LogP contribution in [-0.4, -0.2) is 42.0 Å². The zero-order valence-electron chi connectivity index (χ0n) is 24.8. The van der Waals surface area contributed by atoms with Crippen LogP contribution in [0.15, 0.2) is 111 Å². The number of carbonyl (C=O) groups excluding carboxylic acids is 1. The van der Waals surface area contributed by atoms with E-state index in [-0.39, 0.29) is 31.2 Å². The van der Waals surface area contributed by atoms with Crippen molar-refractivity contribution >= 4 is 43.7 Å². The molecule has 0 saturated heterocycles. The van der Waals surface area contributed by atoms with E-state index in [2.05, 4.69) is 47.4 Å². The molecule has 0 fully saturated rings. The zero-order valence-corrected chi connectivity index (χ0v) is 27.9. The maximum atomic E-state index is 14.4. The molecule has 1 aliphatic heterocycles. The fraction of sp³-hybridized carbons (Fsp3) is 0.235. The highest BCUT2D eigenvalue weighted by Gasteiger charge is 2.54. The molecule has 3 N–H and O–H groups in total. The number of amides is 1. The summed E-state index contributed by atoms with van der Waals surface area (Å²) < 4.78 is 55.4. The summed E-state index contributed by atoms with van der Waals surface area (Å²) in [6, 6.07) is 27.4. The number of nitrogens with zero attached hydrogens (tertiary/aromatic N) is 1. The quantitative estimate of drug-likeness (QED) is 0.0983. The third-order valence-electron chi connectivity index (χ3n) is 7.29. The van der Waals surface area contributed by atoms with Crippen LogP contribution in [0, 0.1) is 0 Å². The molecule has 5 rings (SSSR count). The van der Waals surface area contributed by atoms with E-state index in [0.29, 0.717) is 35.5 Å². The second-order valence-corrected chi connectivity index (χ2v) is 12.3. The zero-order chi connectivity index (χ0) is 33.4. The van der Waals surface area contributed by atoms with Crippen LogP contribution in [0.4, 0.5) is 13.2 Å². The number of nitrogens with one attached hydrogen (secondary N) is 2. The fourth-order valence-corrected chi connectivity index (χ4v) is 5.94. The average molecular weight is 777 g/mol. The monoisotopic (exact) mass is 775 g/mol. The number of aliphatic hydroxyl groups excluding tert-OH is 1. The van der Waals surface area contributed by atoms with E-state index in [9.17, 15) is 18.0 Å². The van der Waals surface area contributed by atoms with Crippen molar-refractivity contribution in [1.82, 2.24) is 10.9 Å². The van der Waals surface area contributed by atoms with Crippen molar-refractivity contribution in [3.8, 4) is 11.5 Å². The summed E-state index contributed by atoms with van der Waals surface area (Å²) in [4.78, 5) is 19.4. The smallest absolute Gasteiger partial charge is 0.494 e. The van der Waals surface area contributed by atoms with Gasteiger partial charge < -0.3 is 19.3 Å². The third-order valence-corrected chi connectivity index (χ3v) is 8.78. The number of halogens is 5. The number of hydrogen-bond donors (Lipinski definition) is 3. The normalized spacial score (nSPS) is 17.5. The number of hydrazine groups is 1. The second kappa shape index (κ2) is 15.3. The molecule has 4 aromatic carbocycles. The molecule has 0 unspecified atom stereocenters. The van der Waals surface area contributed by atoms with Gasteiger partial charge in [0.1, 0.15) is 11.5 Å². The Kier molecular flexibility index (Phi) is 11.2. The van der Waals surface area contributed by atoms with Crippen molar-refractivity contribution < 1.29 is 37.3 Å². The van der Waals surface area contributed by atoms with E-state index in [1.165, 1.54) is 24.3 Å². The van der Waals surface area contributed by atoms with Gasteiger partial charge in [-0.15, -0.1) is 13.2 Å². The first kappa shape index (κ1) is 34.4. The van der Waals surface area contributed by atoms with Crippen molar-refractivity contribution in [3.05, 3.63) is 128 Å². The highest BCUT2D eigenvalue weighted by atomic mass is 79.9. The molecule has 246 valence electrons. The Hall–Kier alpha value is -3.91. The molecule has 0 aliphatic carbocycles. The van der Waals surface area contributed by atoms with E-state index in [0.717, 1.165) is 14.5 Å². The van der Waals surface area contributed by atoms with Crippen LogP contribution in [0.5, 0.6) is 11.5 Å². The van der Waals surface area contributed by atoms with E-state index in [4.69, 9.17) is 19.6 Å². The molecule has 13 heteroatoms. The van der Waals surface area contributed by atoms with Crippen LogP contribution >= 0.6 is 31.9 Å². The van der Waals surface area contributed by atoms with Gasteiger partial charge in [-0.2, -0.15) is 0 Å². The molecule has 0 aromatic heterocycles.